The minimum Gasteiger partial charge on any atom is -0.508 e. The molecule has 98 valence electrons. The maximum atomic E-state index is 13.2. The van der Waals surface area contributed by atoms with Crippen LogP contribution in [-0.2, 0) is 0 Å². The van der Waals surface area contributed by atoms with Crippen LogP contribution in [0.3, 0.4) is 0 Å². The molecule has 1 amide bonds. The summed E-state index contributed by atoms with van der Waals surface area (Å²) >= 11 is 3.14. The number of halogens is 2. The highest BCUT2D eigenvalue weighted by molar-refractivity contribution is 9.10. The summed E-state index contributed by atoms with van der Waals surface area (Å²) in [5.41, 5.74) is 1.52. The molecule has 0 aliphatic rings. The lowest BCUT2D eigenvalue weighted by Gasteiger charge is -2.09. The van der Waals surface area contributed by atoms with Gasteiger partial charge in [-0.2, -0.15) is 0 Å². The van der Waals surface area contributed by atoms with E-state index in [1.165, 1.54) is 24.3 Å². The van der Waals surface area contributed by atoms with E-state index in [0.29, 0.717) is 10.2 Å². The van der Waals surface area contributed by atoms with Gasteiger partial charge < -0.3 is 10.4 Å². The lowest BCUT2D eigenvalue weighted by molar-refractivity contribution is 0.102. The molecule has 3 nitrogen and oxygen atoms in total. The minimum atomic E-state index is -0.484. The number of anilines is 1. The third-order valence-electron chi connectivity index (χ3n) is 2.58. The maximum absolute atomic E-state index is 13.2. The summed E-state index contributed by atoms with van der Waals surface area (Å²) < 4.78 is 13.7. The Balaban J connectivity index is 2.25. The van der Waals surface area contributed by atoms with Crippen molar-refractivity contribution < 1.29 is 14.3 Å². The number of carbonyl (C=O) groups excluding carboxylic acids is 1. The quantitative estimate of drug-likeness (QED) is 0.824. The van der Waals surface area contributed by atoms with Crippen molar-refractivity contribution in [2.24, 2.45) is 0 Å². The summed E-state index contributed by atoms with van der Waals surface area (Å²) in [5.74, 6) is -0.764. The normalized spacial score (nSPS) is 10.3. The van der Waals surface area contributed by atoms with E-state index < -0.39 is 11.7 Å². The highest BCUT2D eigenvalue weighted by Crippen LogP contribution is 2.21. The van der Waals surface area contributed by atoms with E-state index in [-0.39, 0.29) is 11.3 Å². The van der Waals surface area contributed by atoms with Gasteiger partial charge in [0.1, 0.15) is 11.6 Å². The number of phenols is 1. The second kappa shape index (κ2) is 5.40. The molecule has 0 atom stereocenters. The average Bonchev–Trinajstić information content (AvgIpc) is 2.31. The molecule has 0 radical (unpaired) electrons. The number of benzene rings is 2. The SMILES string of the molecule is Cc1cc(O)ccc1NC(=O)c1cc(F)cc(Br)c1. The predicted octanol–water partition coefficient (Wildman–Crippen LogP) is 3.85. The first-order valence-electron chi connectivity index (χ1n) is 5.53. The van der Waals surface area contributed by atoms with Crippen LogP contribution in [0.15, 0.2) is 40.9 Å². The first-order chi connectivity index (χ1) is 8.95. The molecule has 0 aromatic heterocycles. The number of amides is 1. The Hall–Kier alpha value is -1.88. The smallest absolute Gasteiger partial charge is 0.255 e. The number of hydrogen-bond donors (Lipinski definition) is 2. The topological polar surface area (TPSA) is 49.3 Å². The van der Waals surface area contributed by atoms with Crippen LogP contribution in [0.2, 0.25) is 0 Å². The lowest BCUT2D eigenvalue weighted by Crippen LogP contribution is -2.13. The van der Waals surface area contributed by atoms with Crippen LogP contribution in [0.5, 0.6) is 5.75 Å². The third-order valence-corrected chi connectivity index (χ3v) is 3.04. The van der Waals surface area contributed by atoms with Gasteiger partial charge in [-0.1, -0.05) is 15.9 Å². The average molecular weight is 324 g/mol. The van der Waals surface area contributed by atoms with Gasteiger partial charge in [0.25, 0.3) is 5.91 Å². The second-order valence-corrected chi connectivity index (χ2v) is 5.03. The van der Waals surface area contributed by atoms with Crippen molar-refractivity contribution in [2.75, 3.05) is 5.32 Å². The maximum Gasteiger partial charge on any atom is 0.255 e. The molecule has 0 unspecified atom stereocenters. The molecule has 19 heavy (non-hydrogen) atoms. The summed E-state index contributed by atoms with van der Waals surface area (Å²) in [6.07, 6.45) is 0. The van der Waals surface area contributed by atoms with E-state index in [9.17, 15) is 14.3 Å². The summed E-state index contributed by atoms with van der Waals surface area (Å²) in [4.78, 5) is 12.0. The van der Waals surface area contributed by atoms with Crippen LogP contribution in [0, 0.1) is 12.7 Å². The first-order valence-corrected chi connectivity index (χ1v) is 6.32. The van der Waals surface area contributed by atoms with Crippen molar-refractivity contribution >= 4 is 27.5 Å². The molecule has 0 aliphatic heterocycles. The highest BCUT2D eigenvalue weighted by Gasteiger charge is 2.10. The monoisotopic (exact) mass is 323 g/mol. The number of carbonyl (C=O) groups is 1. The molecule has 0 saturated carbocycles. The fourth-order valence-corrected chi connectivity index (χ4v) is 2.13. The fourth-order valence-electron chi connectivity index (χ4n) is 1.67. The van der Waals surface area contributed by atoms with Gasteiger partial charge in [-0.15, -0.1) is 0 Å². The van der Waals surface area contributed by atoms with Crippen molar-refractivity contribution in [1.29, 1.82) is 0 Å². The minimum absolute atomic E-state index is 0.129. The van der Waals surface area contributed by atoms with Crippen molar-refractivity contribution in [3.8, 4) is 5.75 Å². The molecular weight excluding hydrogens is 313 g/mol. The molecule has 2 aromatic carbocycles. The number of phenolic OH excluding ortho intramolecular Hbond substituents is 1. The zero-order valence-electron chi connectivity index (χ0n) is 10.1. The van der Waals surface area contributed by atoms with E-state index in [1.54, 1.807) is 13.0 Å². The van der Waals surface area contributed by atoms with Gasteiger partial charge >= 0.3 is 0 Å². The third kappa shape index (κ3) is 3.32. The molecule has 2 N–H and O–H groups in total. The Morgan fingerprint density at radius 2 is 2.00 bits per heavy atom. The number of nitrogens with one attached hydrogen (secondary N) is 1. The Morgan fingerprint density at radius 3 is 2.63 bits per heavy atom. The molecule has 0 spiro atoms. The zero-order chi connectivity index (χ0) is 14.0. The van der Waals surface area contributed by atoms with Crippen LogP contribution < -0.4 is 5.32 Å². The van der Waals surface area contributed by atoms with E-state index >= 15 is 0 Å². The Kier molecular flexibility index (Phi) is 3.85. The molecule has 0 aliphatic carbocycles. The molecule has 0 fully saturated rings. The number of rotatable bonds is 2. The Labute approximate surface area is 118 Å². The van der Waals surface area contributed by atoms with Gasteiger partial charge in [-0.25, -0.2) is 4.39 Å². The van der Waals surface area contributed by atoms with E-state index in [4.69, 9.17) is 0 Å². The van der Waals surface area contributed by atoms with Crippen molar-refractivity contribution in [3.63, 3.8) is 0 Å². The van der Waals surface area contributed by atoms with Crippen molar-refractivity contribution in [2.45, 2.75) is 6.92 Å². The van der Waals surface area contributed by atoms with Gasteiger partial charge in [-0.05, 0) is 48.9 Å². The molecule has 2 aromatic rings. The number of aryl methyl sites for hydroxylation is 1. The molecule has 0 heterocycles. The van der Waals surface area contributed by atoms with E-state index in [2.05, 4.69) is 21.2 Å². The van der Waals surface area contributed by atoms with E-state index in [0.717, 1.165) is 11.6 Å². The largest absolute Gasteiger partial charge is 0.508 e. The Morgan fingerprint density at radius 1 is 1.26 bits per heavy atom. The van der Waals surface area contributed by atoms with Crippen molar-refractivity contribution in [1.82, 2.24) is 0 Å². The fraction of sp³-hybridized carbons (Fsp3) is 0.0714. The number of aromatic hydroxyl groups is 1. The van der Waals surface area contributed by atoms with Crippen LogP contribution >= 0.6 is 15.9 Å². The summed E-state index contributed by atoms with van der Waals surface area (Å²) in [6, 6.07) is 8.59. The molecule has 2 rings (SSSR count). The lowest BCUT2D eigenvalue weighted by atomic mass is 10.1. The van der Waals surface area contributed by atoms with Crippen molar-refractivity contribution in [3.05, 3.63) is 57.8 Å². The van der Waals surface area contributed by atoms with Crippen LogP contribution in [0.4, 0.5) is 10.1 Å². The summed E-state index contributed by atoms with van der Waals surface area (Å²) in [5, 5.41) is 12.0. The van der Waals surface area contributed by atoms with Crippen LogP contribution in [0.1, 0.15) is 15.9 Å². The highest BCUT2D eigenvalue weighted by atomic mass is 79.9. The standard InChI is InChI=1S/C14H11BrFNO2/c1-8-4-12(18)2-3-13(8)17-14(19)9-5-10(15)7-11(16)6-9/h2-7,18H,1H3,(H,17,19). The summed E-state index contributed by atoms with van der Waals surface area (Å²) in [6.45, 7) is 1.76. The van der Waals surface area contributed by atoms with Gasteiger partial charge in [0, 0.05) is 15.7 Å². The first kappa shape index (κ1) is 13.5. The van der Waals surface area contributed by atoms with Crippen LogP contribution in [-0.4, -0.2) is 11.0 Å². The van der Waals surface area contributed by atoms with Gasteiger partial charge in [0.15, 0.2) is 0 Å². The molecule has 5 heteroatoms. The second-order valence-electron chi connectivity index (χ2n) is 4.11. The van der Waals surface area contributed by atoms with Gasteiger partial charge in [0.05, 0.1) is 0 Å². The van der Waals surface area contributed by atoms with Gasteiger partial charge in [0.2, 0.25) is 0 Å². The number of hydrogen-bond acceptors (Lipinski definition) is 2. The molecule has 0 bridgehead atoms. The zero-order valence-corrected chi connectivity index (χ0v) is 11.7. The Bertz CT molecular complexity index is 623. The van der Waals surface area contributed by atoms with Crippen LogP contribution in [0.25, 0.3) is 0 Å². The summed E-state index contributed by atoms with van der Waals surface area (Å²) in [7, 11) is 0. The van der Waals surface area contributed by atoms with Gasteiger partial charge in [-0.3, -0.25) is 4.79 Å². The predicted molar refractivity (Wildman–Crippen MR) is 74.9 cm³/mol. The molecular formula is C14H11BrFNO2. The molecule has 0 saturated heterocycles. The van der Waals surface area contributed by atoms with E-state index in [1.807, 2.05) is 0 Å².